The highest BCUT2D eigenvalue weighted by Crippen LogP contribution is 2.39. The van der Waals surface area contributed by atoms with Crippen molar-refractivity contribution in [3.8, 4) is 11.1 Å². The van der Waals surface area contributed by atoms with Gasteiger partial charge in [0.1, 0.15) is 0 Å². The Kier molecular flexibility index (Phi) is 5.04. The number of benzene rings is 2. The van der Waals surface area contributed by atoms with Crippen molar-refractivity contribution in [3.05, 3.63) is 54.1 Å². The highest BCUT2D eigenvalue weighted by Gasteiger charge is 2.25. The summed E-state index contributed by atoms with van der Waals surface area (Å²) in [4.78, 5) is 0.202. The first-order valence-corrected chi connectivity index (χ1v) is 9.93. The van der Waals surface area contributed by atoms with Gasteiger partial charge in [-0.05, 0) is 67.5 Å². The van der Waals surface area contributed by atoms with Crippen LogP contribution in [0.5, 0.6) is 0 Å². The predicted molar refractivity (Wildman–Crippen MR) is 97.3 cm³/mol. The fraction of sp³-hybridized carbons (Fsp3) is 0.368. The van der Waals surface area contributed by atoms with Crippen molar-refractivity contribution >= 4 is 10.0 Å². The molecule has 0 saturated heterocycles. The quantitative estimate of drug-likeness (QED) is 0.894. The lowest BCUT2D eigenvalue weighted by atomic mass is 9.79. The Hall–Kier alpha value is -1.69. The maximum Gasteiger partial charge on any atom is 0.238 e. The molecular formula is C19H24N2O2S. The average molecular weight is 344 g/mol. The third-order valence-electron chi connectivity index (χ3n) is 5.01. The smallest absolute Gasteiger partial charge is 0.238 e. The number of rotatable bonds is 4. The van der Waals surface area contributed by atoms with Crippen LogP contribution in [0.4, 0.5) is 0 Å². The number of sulfonamides is 1. The molecule has 0 atom stereocenters. The normalized spacial score (nSPS) is 21.6. The standard InChI is InChI=1S/C19H24N2O2S/c1-21-16-9-7-15(8-10-16)19-13-17(24(20,22)23)11-12-18(19)14-5-3-2-4-6-14/h2-6,11-13,15-16,21H,7-10H2,1H3,(H2,20,22,23). The summed E-state index contributed by atoms with van der Waals surface area (Å²) in [6.07, 6.45) is 4.32. The Labute approximate surface area is 144 Å². The van der Waals surface area contributed by atoms with Crippen molar-refractivity contribution in [2.75, 3.05) is 7.05 Å². The van der Waals surface area contributed by atoms with E-state index in [0.717, 1.165) is 42.4 Å². The molecule has 0 spiro atoms. The maximum atomic E-state index is 11.8. The van der Waals surface area contributed by atoms with Gasteiger partial charge in [0.05, 0.1) is 4.90 Å². The van der Waals surface area contributed by atoms with Crippen molar-refractivity contribution in [2.24, 2.45) is 5.14 Å². The Bertz CT molecular complexity index is 795. The second-order valence-electron chi connectivity index (χ2n) is 6.50. The van der Waals surface area contributed by atoms with Crippen LogP contribution >= 0.6 is 0 Å². The van der Waals surface area contributed by atoms with Gasteiger partial charge in [-0.15, -0.1) is 0 Å². The fourth-order valence-corrected chi connectivity index (χ4v) is 4.18. The summed E-state index contributed by atoms with van der Waals surface area (Å²) in [6, 6.07) is 16.0. The summed E-state index contributed by atoms with van der Waals surface area (Å²) < 4.78 is 23.6. The minimum atomic E-state index is -3.69. The monoisotopic (exact) mass is 344 g/mol. The SMILES string of the molecule is CNC1CCC(c2cc(S(N)(=O)=O)ccc2-c2ccccc2)CC1. The molecule has 0 bridgehead atoms. The van der Waals surface area contributed by atoms with Gasteiger partial charge in [0, 0.05) is 6.04 Å². The number of hydrogen-bond acceptors (Lipinski definition) is 3. The van der Waals surface area contributed by atoms with Gasteiger partial charge in [0.2, 0.25) is 10.0 Å². The molecule has 3 rings (SSSR count). The Morgan fingerprint density at radius 1 is 1.00 bits per heavy atom. The molecule has 5 heteroatoms. The number of primary sulfonamides is 1. The summed E-state index contributed by atoms with van der Waals surface area (Å²) in [5, 5.41) is 8.69. The third kappa shape index (κ3) is 3.69. The molecule has 4 nitrogen and oxygen atoms in total. The first-order chi connectivity index (χ1) is 11.5. The molecule has 0 heterocycles. The van der Waals surface area contributed by atoms with Crippen LogP contribution in [-0.2, 0) is 10.0 Å². The van der Waals surface area contributed by atoms with E-state index in [1.54, 1.807) is 12.1 Å². The van der Waals surface area contributed by atoms with Crippen LogP contribution in [0.2, 0.25) is 0 Å². The van der Waals surface area contributed by atoms with E-state index in [9.17, 15) is 8.42 Å². The third-order valence-corrected chi connectivity index (χ3v) is 5.92. The molecule has 0 amide bonds. The molecule has 1 aliphatic rings. The van der Waals surface area contributed by atoms with Crippen LogP contribution in [0.15, 0.2) is 53.4 Å². The Morgan fingerprint density at radius 2 is 1.67 bits per heavy atom. The molecular weight excluding hydrogens is 320 g/mol. The molecule has 1 saturated carbocycles. The zero-order chi connectivity index (χ0) is 17.2. The van der Waals surface area contributed by atoms with Gasteiger partial charge in [-0.3, -0.25) is 0 Å². The molecule has 0 unspecified atom stereocenters. The molecule has 1 aliphatic carbocycles. The van der Waals surface area contributed by atoms with Gasteiger partial charge in [-0.2, -0.15) is 0 Å². The molecule has 2 aromatic carbocycles. The zero-order valence-corrected chi connectivity index (χ0v) is 14.7. The van der Waals surface area contributed by atoms with Crippen molar-refractivity contribution in [3.63, 3.8) is 0 Å². The lowest BCUT2D eigenvalue weighted by molar-refractivity contribution is 0.359. The maximum absolute atomic E-state index is 11.8. The summed E-state index contributed by atoms with van der Waals surface area (Å²) >= 11 is 0. The van der Waals surface area contributed by atoms with E-state index >= 15 is 0 Å². The molecule has 0 aliphatic heterocycles. The zero-order valence-electron chi connectivity index (χ0n) is 13.9. The highest BCUT2D eigenvalue weighted by atomic mass is 32.2. The van der Waals surface area contributed by atoms with E-state index in [-0.39, 0.29) is 4.90 Å². The van der Waals surface area contributed by atoms with Gasteiger partial charge in [0.25, 0.3) is 0 Å². The van der Waals surface area contributed by atoms with Crippen LogP contribution < -0.4 is 10.5 Å². The summed E-state index contributed by atoms with van der Waals surface area (Å²) in [5.41, 5.74) is 3.32. The van der Waals surface area contributed by atoms with Crippen LogP contribution in [-0.4, -0.2) is 21.5 Å². The number of nitrogens with one attached hydrogen (secondary N) is 1. The van der Waals surface area contributed by atoms with Gasteiger partial charge in [0.15, 0.2) is 0 Å². The minimum Gasteiger partial charge on any atom is -0.317 e. The molecule has 24 heavy (non-hydrogen) atoms. The second-order valence-corrected chi connectivity index (χ2v) is 8.06. The molecule has 3 N–H and O–H groups in total. The Morgan fingerprint density at radius 3 is 2.25 bits per heavy atom. The van der Waals surface area contributed by atoms with Gasteiger partial charge < -0.3 is 5.32 Å². The van der Waals surface area contributed by atoms with Crippen LogP contribution in [0.3, 0.4) is 0 Å². The fourth-order valence-electron chi connectivity index (χ4n) is 3.63. The van der Waals surface area contributed by atoms with Crippen molar-refractivity contribution in [1.29, 1.82) is 0 Å². The summed E-state index contributed by atoms with van der Waals surface area (Å²) in [7, 11) is -1.69. The highest BCUT2D eigenvalue weighted by molar-refractivity contribution is 7.89. The number of nitrogens with two attached hydrogens (primary N) is 1. The van der Waals surface area contributed by atoms with E-state index in [1.807, 2.05) is 31.3 Å². The number of hydrogen-bond donors (Lipinski definition) is 2. The van der Waals surface area contributed by atoms with E-state index in [1.165, 1.54) is 0 Å². The first kappa shape index (κ1) is 17.1. The topological polar surface area (TPSA) is 72.2 Å². The Balaban J connectivity index is 2.03. The summed E-state index contributed by atoms with van der Waals surface area (Å²) in [6.45, 7) is 0. The average Bonchev–Trinajstić information content (AvgIpc) is 2.61. The molecule has 2 aromatic rings. The van der Waals surface area contributed by atoms with Crippen LogP contribution in [0, 0.1) is 0 Å². The van der Waals surface area contributed by atoms with Gasteiger partial charge in [-0.1, -0.05) is 36.4 Å². The predicted octanol–water partition coefficient (Wildman–Crippen LogP) is 3.25. The molecule has 0 aromatic heterocycles. The van der Waals surface area contributed by atoms with Crippen molar-refractivity contribution in [2.45, 2.75) is 42.5 Å². The molecule has 128 valence electrons. The van der Waals surface area contributed by atoms with E-state index in [2.05, 4.69) is 17.4 Å². The van der Waals surface area contributed by atoms with Crippen molar-refractivity contribution < 1.29 is 8.42 Å². The molecule has 0 radical (unpaired) electrons. The van der Waals surface area contributed by atoms with Crippen molar-refractivity contribution in [1.82, 2.24) is 5.32 Å². The van der Waals surface area contributed by atoms with E-state index in [4.69, 9.17) is 5.14 Å². The second kappa shape index (κ2) is 7.05. The largest absolute Gasteiger partial charge is 0.317 e. The lowest BCUT2D eigenvalue weighted by Crippen LogP contribution is -2.29. The van der Waals surface area contributed by atoms with Crippen LogP contribution in [0.1, 0.15) is 37.2 Å². The van der Waals surface area contributed by atoms with E-state index < -0.39 is 10.0 Å². The molecule has 1 fully saturated rings. The summed E-state index contributed by atoms with van der Waals surface area (Å²) in [5.74, 6) is 0.367. The van der Waals surface area contributed by atoms with Gasteiger partial charge in [-0.25, -0.2) is 13.6 Å². The minimum absolute atomic E-state index is 0.202. The first-order valence-electron chi connectivity index (χ1n) is 8.38. The lowest BCUT2D eigenvalue weighted by Gasteiger charge is -2.30. The van der Waals surface area contributed by atoms with E-state index in [0.29, 0.717) is 12.0 Å². The van der Waals surface area contributed by atoms with Gasteiger partial charge >= 0.3 is 0 Å². The van der Waals surface area contributed by atoms with Crippen LogP contribution in [0.25, 0.3) is 11.1 Å².